The van der Waals surface area contributed by atoms with Gasteiger partial charge in [0, 0.05) is 5.41 Å². The zero-order chi connectivity index (χ0) is 19.0. The second-order valence-corrected chi connectivity index (χ2v) is 8.58. The van der Waals surface area contributed by atoms with Gasteiger partial charge >= 0.3 is 7.82 Å². The maximum atomic E-state index is 13.0. The Labute approximate surface area is 154 Å². The van der Waals surface area contributed by atoms with Crippen LogP contribution in [0.4, 0.5) is 0 Å². The number of ketones is 1. The lowest BCUT2D eigenvalue weighted by Crippen LogP contribution is -2.24. The van der Waals surface area contributed by atoms with Crippen molar-refractivity contribution in [3.63, 3.8) is 0 Å². The van der Waals surface area contributed by atoms with Crippen LogP contribution in [0.3, 0.4) is 0 Å². The third kappa shape index (κ3) is 6.85. The normalized spacial score (nSPS) is 12.1. The molecule has 0 heterocycles. The highest BCUT2D eigenvalue weighted by atomic mass is 31.2. The van der Waals surface area contributed by atoms with E-state index in [4.69, 9.17) is 13.6 Å². The Morgan fingerprint density at radius 2 is 1.23 bits per heavy atom. The first-order chi connectivity index (χ1) is 12.3. The Hall–Kier alpha value is -1.78. The van der Waals surface area contributed by atoms with E-state index in [0.29, 0.717) is 0 Å². The van der Waals surface area contributed by atoms with Crippen molar-refractivity contribution in [1.29, 1.82) is 0 Å². The molecule has 2 rings (SSSR count). The second-order valence-electron chi connectivity index (χ2n) is 6.91. The van der Waals surface area contributed by atoms with E-state index >= 15 is 0 Å². The topological polar surface area (TPSA) is 61.8 Å². The van der Waals surface area contributed by atoms with E-state index in [1.54, 1.807) is 20.8 Å². The molecule has 0 aliphatic heterocycles. The van der Waals surface area contributed by atoms with Crippen molar-refractivity contribution in [1.82, 2.24) is 0 Å². The number of carbonyl (C=O) groups is 1. The molecule has 0 aliphatic carbocycles. The van der Waals surface area contributed by atoms with Crippen LogP contribution in [0, 0.1) is 5.41 Å². The van der Waals surface area contributed by atoms with Gasteiger partial charge in [0.15, 0.2) is 5.78 Å². The molecule has 0 amide bonds. The molecular formula is C20H25O5P. The number of Topliss-reactive ketones (excluding diaryl/α,β-unsaturated/α-hetero) is 1. The molecule has 0 unspecified atom stereocenters. The summed E-state index contributed by atoms with van der Waals surface area (Å²) in [6.45, 7) is 5.13. The molecule has 0 aromatic heterocycles. The smallest absolute Gasteiger partial charge is 0.296 e. The van der Waals surface area contributed by atoms with Gasteiger partial charge in [-0.3, -0.25) is 18.4 Å². The first-order valence-corrected chi connectivity index (χ1v) is 9.89. The summed E-state index contributed by atoms with van der Waals surface area (Å²) in [5, 5.41) is 0. The van der Waals surface area contributed by atoms with Gasteiger partial charge in [-0.25, -0.2) is 4.57 Å². The standard InChI is InChI=1S/C20H25O5P/c1-20(2,3)19(21)16-25-26(22,23-14-17-10-6-4-7-11-17)24-15-18-12-8-5-9-13-18/h4-13H,14-16H2,1-3H3. The molecule has 6 heteroatoms. The average molecular weight is 376 g/mol. The molecule has 0 aliphatic rings. The number of rotatable bonds is 9. The van der Waals surface area contributed by atoms with E-state index in [-0.39, 0.29) is 25.6 Å². The van der Waals surface area contributed by atoms with Crippen molar-refractivity contribution in [2.45, 2.75) is 34.0 Å². The molecule has 0 atom stereocenters. The number of hydrogen-bond donors (Lipinski definition) is 0. The van der Waals surface area contributed by atoms with E-state index in [2.05, 4.69) is 0 Å². The highest BCUT2D eigenvalue weighted by molar-refractivity contribution is 7.48. The van der Waals surface area contributed by atoms with Crippen LogP contribution in [-0.4, -0.2) is 12.4 Å². The summed E-state index contributed by atoms with van der Waals surface area (Å²) in [6.07, 6.45) is 0. The van der Waals surface area contributed by atoms with Gasteiger partial charge < -0.3 is 0 Å². The monoisotopic (exact) mass is 376 g/mol. The van der Waals surface area contributed by atoms with Crippen LogP contribution < -0.4 is 0 Å². The summed E-state index contributed by atoms with van der Waals surface area (Å²) in [5.74, 6) is -0.177. The molecule has 0 bridgehead atoms. The fourth-order valence-corrected chi connectivity index (χ4v) is 3.03. The summed E-state index contributed by atoms with van der Waals surface area (Å²) >= 11 is 0. The molecule has 0 spiro atoms. The van der Waals surface area contributed by atoms with Crippen molar-refractivity contribution in [2.75, 3.05) is 6.61 Å². The van der Waals surface area contributed by atoms with E-state index < -0.39 is 13.2 Å². The summed E-state index contributed by atoms with van der Waals surface area (Å²) in [7, 11) is -3.89. The number of benzene rings is 2. The minimum Gasteiger partial charge on any atom is -0.296 e. The highest BCUT2D eigenvalue weighted by Gasteiger charge is 2.31. The van der Waals surface area contributed by atoms with Crippen molar-refractivity contribution in [2.24, 2.45) is 5.41 Å². The van der Waals surface area contributed by atoms with Crippen molar-refractivity contribution in [3.8, 4) is 0 Å². The molecule has 26 heavy (non-hydrogen) atoms. The maximum absolute atomic E-state index is 13.0. The SMILES string of the molecule is CC(C)(C)C(=O)COP(=O)(OCc1ccccc1)OCc1ccccc1. The second kappa shape index (κ2) is 9.24. The average Bonchev–Trinajstić information content (AvgIpc) is 2.64. The summed E-state index contributed by atoms with van der Waals surface area (Å²) in [6, 6.07) is 18.6. The van der Waals surface area contributed by atoms with Crippen LogP contribution in [0.5, 0.6) is 0 Å². The molecular weight excluding hydrogens is 351 g/mol. The lowest BCUT2D eigenvalue weighted by atomic mass is 9.91. The van der Waals surface area contributed by atoms with E-state index in [1.165, 1.54) is 0 Å². The van der Waals surface area contributed by atoms with E-state index in [1.807, 2.05) is 60.7 Å². The quantitative estimate of drug-likeness (QED) is 0.566. The summed E-state index contributed by atoms with van der Waals surface area (Å²) in [4.78, 5) is 12.1. The molecule has 0 fully saturated rings. The minimum absolute atomic E-state index is 0.0661. The number of phosphoric ester groups is 1. The molecule has 140 valence electrons. The number of phosphoric acid groups is 1. The Morgan fingerprint density at radius 1 is 0.808 bits per heavy atom. The van der Waals surface area contributed by atoms with Crippen LogP contribution in [0.15, 0.2) is 60.7 Å². The number of hydrogen-bond acceptors (Lipinski definition) is 5. The predicted octanol–water partition coefficient (Wildman–Crippen LogP) is 5.16. The summed E-state index contributed by atoms with van der Waals surface area (Å²) in [5.41, 5.74) is 1.08. The van der Waals surface area contributed by atoms with Gasteiger partial charge in [0.25, 0.3) is 0 Å². The molecule has 2 aromatic carbocycles. The fourth-order valence-electron chi connectivity index (χ4n) is 1.92. The summed E-state index contributed by atoms with van der Waals surface area (Å²) < 4.78 is 29.2. The zero-order valence-electron chi connectivity index (χ0n) is 15.4. The first kappa shape index (κ1) is 20.5. The Bertz CT molecular complexity index is 690. The molecule has 0 saturated carbocycles. The third-order valence-electron chi connectivity index (χ3n) is 3.65. The highest BCUT2D eigenvalue weighted by Crippen LogP contribution is 2.51. The largest absolute Gasteiger partial charge is 0.475 e. The van der Waals surface area contributed by atoms with Crippen molar-refractivity contribution in [3.05, 3.63) is 71.8 Å². The minimum atomic E-state index is -3.89. The molecule has 0 radical (unpaired) electrons. The Kier molecular flexibility index (Phi) is 7.30. The van der Waals surface area contributed by atoms with Crippen molar-refractivity contribution >= 4 is 13.6 Å². The van der Waals surface area contributed by atoms with E-state index in [0.717, 1.165) is 11.1 Å². The lowest BCUT2D eigenvalue weighted by molar-refractivity contribution is -0.129. The van der Waals surface area contributed by atoms with Crippen LogP contribution >= 0.6 is 7.82 Å². The number of carbonyl (C=O) groups excluding carboxylic acids is 1. The third-order valence-corrected chi connectivity index (χ3v) is 4.99. The Balaban J connectivity index is 2.03. The van der Waals surface area contributed by atoms with Crippen LogP contribution in [-0.2, 0) is 36.1 Å². The van der Waals surface area contributed by atoms with Gasteiger partial charge in [-0.1, -0.05) is 81.4 Å². The van der Waals surface area contributed by atoms with Gasteiger partial charge in [0.05, 0.1) is 13.2 Å². The molecule has 0 N–H and O–H groups in total. The van der Waals surface area contributed by atoms with Gasteiger partial charge in [-0.05, 0) is 11.1 Å². The van der Waals surface area contributed by atoms with Gasteiger partial charge in [-0.15, -0.1) is 0 Å². The molecule has 0 saturated heterocycles. The molecule has 2 aromatic rings. The van der Waals surface area contributed by atoms with Crippen molar-refractivity contribution < 1.29 is 22.9 Å². The van der Waals surface area contributed by atoms with Gasteiger partial charge in [0.1, 0.15) is 6.61 Å². The van der Waals surface area contributed by atoms with E-state index in [9.17, 15) is 9.36 Å². The first-order valence-electron chi connectivity index (χ1n) is 8.43. The Morgan fingerprint density at radius 3 is 1.62 bits per heavy atom. The predicted molar refractivity (Wildman–Crippen MR) is 100 cm³/mol. The van der Waals surface area contributed by atoms with Gasteiger partial charge in [0.2, 0.25) is 0 Å². The van der Waals surface area contributed by atoms with Crippen LogP contribution in [0.1, 0.15) is 31.9 Å². The van der Waals surface area contributed by atoms with Crippen LogP contribution in [0.25, 0.3) is 0 Å². The van der Waals surface area contributed by atoms with Gasteiger partial charge in [-0.2, -0.15) is 0 Å². The fraction of sp³-hybridized carbons (Fsp3) is 0.350. The lowest BCUT2D eigenvalue weighted by Gasteiger charge is -2.21. The van der Waals surface area contributed by atoms with Crippen LogP contribution in [0.2, 0.25) is 0 Å². The zero-order valence-corrected chi connectivity index (χ0v) is 16.3. The molecule has 5 nitrogen and oxygen atoms in total. The maximum Gasteiger partial charge on any atom is 0.475 e.